The number of para-hydroxylation sites is 2. The third kappa shape index (κ3) is 2.76. The second kappa shape index (κ2) is 5.92. The topological polar surface area (TPSA) is 75.2 Å². The van der Waals surface area contributed by atoms with Crippen LogP contribution in [0.15, 0.2) is 29.3 Å². The fourth-order valence-electron chi connectivity index (χ4n) is 2.30. The van der Waals surface area contributed by atoms with Crippen LogP contribution in [0.1, 0.15) is 12.6 Å². The molecule has 0 unspecified atom stereocenters. The first-order valence-corrected chi connectivity index (χ1v) is 7.93. The Bertz CT molecular complexity index is 749. The number of nitrogens with one attached hydrogen (secondary N) is 1. The molecule has 0 spiro atoms. The highest BCUT2D eigenvalue weighted by Crippen LogP contribution is 2.27. The number of benzene rings is 1. The van der Waals surface area contributed by atoms with Gasteiger partial charge < -0.3 is 5.32 Å². The number of aryl methyl sites for hydroxylation is 1. The van der Waals surface area contributed by atoms with Crippen LogP contribution >= 0.6 is 11.8 Å². The summed E-state index contributed by atoms with van der Waals surface area (Å²) in [6.07, 6.45) is 0. The zero-order chi connectivity index (χ0) is 15.7. The summed E-state index contributed by atoms with van der Waals surface area (Å²) in [5.41, 5.74) is 2.42. The maximum Gasteiger partial charge on any atom is 0.324 e. The van der Waals surface area contributed by atoms with Gasteiger partial charge >= 0.3 is 6.03 Å². The molecule has 0 saturated carbocycles. The Balaban J connectivity index is 1.81. The normalized spacial score (nSPS) is 15.9. The molecule has 22 heavy (non-hydrogen) atoms. The van der Waals surface area contributed by atoms with Crippen molar-refractivity contribution >= 4 is 34.7 Å². The van der Waals surface area contributed by atoms with E-state index in [-0.39, 0.29) is 11.9 Å². The van der Waals surface area contributed by atoms with E-state index in [0.717, 1.165) is 21.8 Å². The van der Waals surface area contributed by atoms with Crippen LogP contribution in [-0.4, -0.2) is 45.1 Å². The van der Waals surface area contributed by atoms with Gasteiger partial charge in [-0.2, -0.15) is 0 Å². The lowest BCUT2D eigenvalue weighted by Gasteiger charge is -2.17. The first kappa shape index (κ1) is 14.8. The molecule has 1 fully saturated rings. The number of thioether (sulfide) groups is 1. The number of hydrogen-bond donors (Lipinski definition) is 1. The van der Waals surface area contributed by atoms with E-state index in [9.17, 15) is 9.59 Å². The van der Waals surface area contributed by atoms with Crippen LogP contribution in [0.5, 0.6) is 0 Å². The van der Waals surface area contributed by atoms with Crippen molar-refractivity contribution in [2.75, 3.05) is 13.1 Å². The fraction of sp³-hybridized carbons (Fsp3) is 0.333. The third-order valence-corrected chi connectivity index (χ3v) is 4.63. The zero-order valence-corrected chi connectivity index (χ0v) is 13.2. The molecule has 1 aromatic heterocycles. The molecule has 1 N–H and O–H groups in total. The Kier molecular flexibility index (Phi) is 3.98. The summed E-state index contributed by atoms with van der Waals surface area (Å²) in [6, 6.07) is 7.31. The molecule has 3 amide bonds. The van der Waals surface area contributed by atoms with Crippen molar-refractivity contribution in [2.45, 2.75) is 24.1 Å². The number of carbonyl (C=O) groups is 2. The molecule has 1 atom stereocenters. The lowest BCUT2D eigenvalue weighted by molar-refractivity contribution is -0.126. The van der Waals surface area contributed by atoms with Crippen molar-refractivity contribution in [3.05, 3.63) is 30.0 Å². The van der Waals surface area contributed by atoms with Crippen molar-refractivity contribution in [3.8, 4) is 0 Å². The molecule has 0 bridgehead atoms. The van der Waals surface area contributed by atoms with Crippen molar-refractivity contribution in [1.29, 1.82) is 0 Å². The molecule has 114 valence electrons. The Morgan fingerprint density at radius 3 is 2.64 bits per heavy atom. The summed E-state index contributed by atoms with van der Waals surface area (Å²) >= 11 is 1.34. The van der Waals surface area contributed by atoms with Crippen LogP contribution < -0.4 is 5.32 Å². The summed E-state index contributed by atoms with van der Waals surface area (Å²) in [7, 11) is 0. The van der Waals surface area contributed by atoms with Gasteiger partial charge in [0.2, 0.25) is 5.91 Å². The van der Waals surface area contributed by atoms with Gasteiger partial charge in [-0.15, -0.1) is 0 Å². The lowest BCUT2D eigenvalue weighted by Crippen LogP contribution is -2.39. The zero-order valence-electron chi connectivity index (χ0n) is 12.4. The largest absolute Gasteiger partial charge is 0.336 e. The lowest BCUT2D eigenvalue weighted by atomic mass is 10.3. The van der Waals surface area contributed by atoms with Crippen LogP contribution in [-0.2, 0) is 4.79 Å². The minimum atomic E-state index is -0.391. The first-order valence-electron chi connectivity index (χ1n) is 7.05. The molecular formula is C15H16N4O2S. The fourth-order valence-corrected chi connectivity index (χ4v) is 3.23. The number of fused-ring (bicyclic) bond motifs is 1. The van der Waals surface area contributed by atoms with Crippen molar-refractivity contribution in [3.63, 3.8) is 0 Å². The number of nitrogens with zero attached hydrogens (tertiary/aromatic N) is 3. The predicted molar refractivity (Wildman–Crippen MR) is 84.7 cm³/mol. The highest BCUT2D eigenvalue weighted by Gasteiger charge is 2.30. The SMILES string of the molecule is Cc1nc2ccccc2nc1S[C@H](C)C(=O)N1CCNC1=O. The summed E-state index contributed by atoms with van der Waals surface area (Å²) in [5, 5.41) is 2.96. The molecule has 6 nitrogen and oxygen atoms in total. The van der Waals surface area contributed by atoms with E-state index >= 15 is 0 Å². The monoisotopic (exact) mass is 316 g/mol. The smallest absolute Gasteiger partial charge is 0.324 e. The molecule has 2 aromatic rings. The van der Waals surface area contributed by atoms with Crippen molar-refractivity contribution < 1.29 is 9.59 Å². The number of urea groups is 1. The van der Waals surface area contributed by atoms with E-state index in [4.69, 9.17) is 0 Å². The van der Waals surface area contributed by atoms with Gasteiger partial charge in [0.25, 0.3) is 0 Å². The minimum Gasteiger partial charge on any atom is -0.336 e. The van der Waals surface area contributed by atoms with E-state index in [0.29, 0.717) is 13.1 Å². The summed E-state index contributed by atoms with van der Waals surface area (Å²) < 4.78 is 0. The Morgan fingerprint density at radius 1 is 1.32 bits per heavy atom. The number of amides is 3. The van der Waals surface area contributed by atoms with E-state index in [1.165, 1.54) is 16.7 Å². The predicted octanol–water partition coefficient (Wildman–Crippen LogP) is 1.97. The van der Waals surface area contributed by atoms with E-state index in [2.05, 4.69) is 15.3 Å². The van der Waals surface area contributed by atoms with Gasteiger partial charge in [-0.25, -0.2) is 14.8 Å². The molecule has 1 saturated heterocycles. The standard InChI is InChI=1S/C15H16N4O2S/c1-9-13(18-12-6-4-3-5-11(12)17-9)22-10(2)14(20)19-8-7-16-15(19)21/h3-6,10H,7-8H2,1-2H3,(H,16,21)/t10-/m1/s1. The van der Waals surface area contributed by atoms with Gasteiger partial charge in [0.15, 0.2) is 0 Å². The van der Waals surface area contributed by atoms with Gasteiger partial charge in [0.1, 0.15) is 5.03 Å². The summed E-state index contributed by atoms with van der Waals surface area (Å²) in [4.78, 5) is 34.2. The third-order valence-electron chi connectivity index (χ3n) is 3.46. The number of hydrogen-bond acceptors (Lipinski definition) is 5. The van der Waals surface area contributed by atoms with Crippen LogP contribution in [0, 0.1) is 6.92 Å². The molecule has 0 aliphatic carbocycles. The van der Waals surface area contributed by atoms with E-state index < -0.39 is 5.25 Å². The minimum absolute atomic E-state index is 0.200. The first-order chi connectivity index (χ1) is 10.6. The summed E-state index contributed by atoms with van der Waals surface area (Å²) in [5.74, 6) is -0.200. The van der Waals surface area contributed by atoms with Gasteiger partial charge in [-0.3, -0.25) is 9.69 Å². The van der Waals surface area contributed by atoms with Gasteiger partial charge in [-0.05, 0) is 26.0 Å². The molecule has 1 aliphatic heterocycles. The molecular weight excluding hydrogens is 300 g/mol. The molecule has 7 heteroatoms. The van der Waals surface area contributed by atoms with Gasteiger partial charge in [0, 0.05) is 13.1 Å². The van der Waals surface area contributed by atoms with Crippen molar-refractivity contribution in [1.82, 2.24) is 20.2 Å². The second-order valence-corrected chi connectivity index (χ2v) is 6.41. The average molecular weight is 316 g/mol. The van der Waals surface area contributed by atoms with Gasteiger partial charge in [-0.1, -0.05) is 23.9 Å². The van der Waals surface area contributed by atoms with Crippen LogP contribution in [0.3, 0.4) is 0 Å². The summed E-state index contributed by atoms with van der Waals surface area (Å²) in [6.45, 7) is 4.60. The highest BCUT2D eigenvalue weighted by atomic mass is 32.2. The van der Waals surface area contributed by atoms with Crippen LogP contribution in [0.4, 0.5) is 4.79 Å². The number of aromatic nitrogens is 2. The number of imide groups is 1. The molecule has 2 heterocycles. The van der Waals surface area contributed by atoms with Gasteiger partial charge in [0.05, 0.1) is 22.0 Å². The van der Waals surface area contributed by atoms with Crippen molar-refractivity contribution in [2.24, 2.45) is 0 Å². The molecule has 1 aromatic carbocycles. The van der Waals surface area contributed by atoms with Crippen LogP contribution in [0.25, 0.3) is 11.0 Å². The van der Waals surface area contributed by atoms with E-state index in [1.54, 1.807) is 6.92 Å². The number of carbonyl (C=O) groups excluding carboxylic acids is 2. The molecule has 0 radical (unpaired) electrons. The Hall–Kier alpha value is -2.15. The Morgan fingerprint density at radius 2 is 2.00 bits per heavy atom. The Labute approximate surface area is 132 Å². The quantitative estimate of drug-likeness (QED) is 0.876. The maximum absolute atomic E-state index is 12.3. The second-order valence-electron chi connectivity index (χ2n) is 5.08. The maximum atomic E-state index is 12.3. The number of rotatable bonds is 3. The molecule has 1 aliphatic rings. The average Bonchev–Trinajstić information content (AvgIpc) is 2.93. The highest BCUT2D eigenvalue weighted by molar-refractivity contribution is 8.00. The van der Waals surface area contributed by atoms with Crippen LogP contribution in [0.2, 0.25) is 0 Å². The van der Waals surface area contributed by atoms with E-state index in [1.807, 2.05) is 31.2 Å². The molecule has 3 rings (SSSR count).